The van der Waals surface area contributed by atoms with Crippen LogP contribution in [-0.2, 0) is 6.18 Å². The first-order chi connectivity index (χ1) is 11.4. The molecule has 0 saturated heterocycles. The molecule has 0 aliphatic rings. The molecule has 120 valence electrons. The molecule has 0 aliphatic carbocycles. The van der Waals surface area contributed by atoms with Crippen molar-refractivity contribution in [2.75, 3.05) is 0 Å². The maximum atomic E-state index is 12.7. The lowest BCUT2D eigenvalue weighted by Gasteiger charge is -2.07. The van der Waals surface area contributed by atoms with E-state index in [2.05, 4.69) is 15.3 Å². The fourth-order valence-corrected chi connectivity index (χ4v) is 2.77. The van der Waals surface area contributed by atoms with Gasteiger partial charge in [-0.2, -0.15) is 22.8 Å². The van der Waals surface area contributed by atoms with Crippen LogP contribution in [0.2, 0.25) is 5.15 Å². The minimum absolute atomic E-state index is 0.270. The van der Waals surface area contributed by atoms with Gasteiger partial charge in [0.25, 0.3) is 0 Å². The van der Waals surface area contributed by atoms with Gasteiger partial charge in [-0.05, 0) is 12.1 Å². The molecule has 2 heterocycles. The quantitative estimate of drug-likeness (QED) is 0.504. The number of hydrogen-bond donors (Lipinski definition) is 0. The molecule has 24 heavy (non-hydrogen) atoms. The van der Waals surface area contributed by atoms with Crippen molar-refractivity contribution in [1.82, 2.24) is 19.8 Å². The molecule has 4 aromatic rings. The van der Waals surface area contributed by atoms with E-state index < -0.39 is 11.7 Å². The first-order valence-corrected chi connectivity index (χ1v) is 7.30. The van der Waals surface area contributed by atoms with E-state index in [0.29, 0.717) is 17.0 Å². The zero-order chi connectivity index (χ0) is 16.9. The van der Waals surface area contributed by atoms with Gasteiger partial charge in [-0.1, -0.05) is 48.0 Å². The Labute approximate surface area is 138 Å². The summed E-state index contributed by atoms with van der Waals surface area (Å²) in [5.41, 5.74) is 0.232. The average Bonchev–Trinajstić information content (AvgIpc) is 2.98. The highest BCUT2D eigenvalue weighted by atomic mass is 35.5. The van der Waals surface area contributed by atoms with Crippen molar-refractivity contribution in [3.63, 3.8) is 0 Å². The third kappa shape index (κ3) is 2.28. The lowest BCUT2D eigenvalue weighted by molar-refractivity contribution is -0.137. The average molecular weight is 349 g/mol. The van der Waals surface area contributed by atoms with Crippen molar-refractivity contribution >= 4 is 28.0 Å². The van der Waals surface area contributed by atoms with Crippen LogP contribution in [0.25, 0.3) is 27.8 Å². The van der Waals surface area contributed by atoms with Crippen molar-refractivity contribution in [1.29, 1.82) is 0 Å². The first kappa shape index (κ1) is 14.9. The summed E-state index contributed by atoms with van der Waals surface area (Å²) in [5, 5.41) is 14.2. The molecule has 4 nitrogen and oxygen atoms in total. The zero-order valence-corrected chi connectivity index (χ0v) is 12.7. The number of benzene rings is 2. The Morgan fingerprint density at radius 2 is 1.54 bits per heavy atom. The van der Waals surface area contributed by atoms with Crippen molar-refractivity contribution < 1.29 is 13.2 Å². The topological polar surface area (TPSA) is 43.1 Å². The summed E-state index contributed by atoms with van der Waals surface area (Å²) in [7, 11) is 0. The molecule has 0 aliphatic heterocycles. The SMILES string of the molecule is FC(F)(F)c1ccc(-c2nnc3c4ccccc4c(Cl)nn23)cc1. The number of hydrogen-bond acceptors (Lipinski definition) is 3. The summed E-state index contributed by atoms with van der Waals surface area (Å²) in [6.07, 6.45) is -4.39. The summed E-state index contributed by atoms with van der Waals surface area (Å²) in [4.78, 5) is 0. The zero-order valence-electron chi connectivity index (χ0n) is 11.9. The Morgan fingerprint density at radius 3 is 2.21 bits per heavy atom. The van der Waals surface area contributed by atoms with Crippen molar-refractivity contribution in [3.05, 3.63) is 59.2 Å². The molecular weight excluding hydrogens is 341 g/mol. The highest BCUT2D eigenvalue weighted by molar-refractivity contribution is 6.34. The lowest BCUT2D eigenvalue weighted by Crippen LogP contribution is -2.04. The molecule has 2 aromatic heterocycles. The lowest BCUT2D eigenvalue weighted by atomic mass is 10.1. The molecule has 0 amide bonds. The Kier molecular flexibility index (Phi) is 3.21. The third-order valence-electron chi connectivity index (χ3n) is 3.69. The number of rotatable bonds is 1. The largest absolute Gasteiger partial charge is 0.416 e. The van der Waals surface area contributed by atoms with Crippen LogP contribution in [-0.4, -0.2) is 19.8 Å². The Hall–Kier alpha value is -2.67. The molecule has 4 rings (SSSR count). The molecule has 0 N–H and O–H groups in total. The van der Waals surface area contributed by atoms with Gasteiger partial charge >= 0.3 is 6.18 Å². The minimum Gasteiger partial charge on any atom is -0.191 e. The van der Waals surface area contributed by atoms with Gasteiger partial charge in [0.2, 0.25) is 0 Å². The number of fused-ring (bicyclic) bond motifs is 3. The van der Waals surface area contributed by atoms with Gasteiger partial charge in [-0.3, -0.25) is 0 Å². The Balaban J connectivity index is 1.92. The minimum atomic E-state index is -4.39. The van der Waals surface area contributed by atoms with Gasteiger partial charge in [0.15, 0.2) is 16.6 Å². The van der Waals surface area contributed by atoms with E-state index in [1.807, 2.05) is 24.3 Å². The highest BCUT2D eigenvalue weighted by Crippen LogP contribution is 2.31. The van der Waals surface area contributed by atoms with Gasteiger partial charge in [0, 0.05) is 16.3 Å². The Morgan fingerprint density at radius 1 is 0.875 bits per heavy atom. The van der Waals surface area contributed by atoms with Crippen LogP contribution < -0.4 is 0 Å². The molecule has 0 radical (unpaired) electrons. The monoisotopic (exact) mass is 348 g/mol. The Bertz CT molecular complexity index is 1050. The second kappa shape index (κ2) is 5.17. The predicted octanol–water partition coefficient (Wildman–Crippen LogP) is 4.62. The normalized spacial score (nSPS) is 12.2. The summed E-state index contributed by atoms with van der Waals surface area (Å²) in [6, 6.07) is 12.0. The molecule has 0 bridgehead atoms. The van der Waals surface area contributed by atoms with Crippen LogP contribution in [0.4, 0.5) is 13.2 Å². The van der Waals surface area contributed by atoms with Crippen LogP contribution in [0.1, 0.15) is 5.56 Å². The summed E-state index contributed by atoms with van der Waals surface area (Å²) >= 11 is 6.20. The van der Waals surface area contributed by atoms with E-state index in [-0.39, 0.29) is 5.15 Å². The molecule has 0 atom stereocenters. The van der Waals surface area contributed by atoms with Gasteiger partial charge in [0.05, 0.1) is 5.56 Å². The fourth-order valence-electron chi connectivity index (χ4n) is 2.53. The van der Waals surface area contributed by atoms with E-state index in [1.54, 1.807) is 0 Å². The van der Waals surface area contributed by atoms with Crippen LogP contribution in [0.15, 0.2) is 48.5 Å². The molecule has 0 fully saturated rings. The number of aromatic nitrogens is 4. The molecule has 0 spiro atoms. The molecular formula is C16H8ClF3N4. The van der Waals surface area contributed by atoms with E-state index in [9.17, 15) is 13.2 Å². The molecule has 0 saturated carbocycles. The second-order valence-corrected chi connectivity index (χ2v) is 5.53. The number of halogens is 4. The van der Waals surface area contributed by atoms with E-state index in [1.165, 1.54) is 16.6 Å². The third-order valence-corrected chi connectivity index (χ3v) is 3.97. The number of nitrogens with zero attached hydrogens (tertiary/aromatic N) is 4. The van der Waals surface area contributed by atoms with Gasteiger partial charge in [0.1, 0.15) is 0 Å². The van der Waals surface area contributed by atoms with Crippen molar-refractivity contribution in [2.24, 2.45) is 0 Å². The molecule has 0 unspecified atom stereocenters. The standard InChI is InChI=1S/C16H8ClF3N4/c17-13-11-3-1-2-4-12(11)15-22-21-14(24(15)23-13)9-5-7-10(8-6-9)16(18,19)20/h1-8H. The maximum absolute atomic E-state index is 12.7. The van der Waals surface area contributed by atoms with Crippen LogP contribution >= 0.6 is 11.6 Å². The predicted molar refractivity (Wildman–Crippen MR) is 83.7 cm³/mol. The van der Waals surface area contributed by atoms with Crippen LogP contribution in [0.5, 0.6) is 0 Å². The smallest absolute Gasteiger partial charge is 0.191 e. The molecule has 2 aromatic carbocycles. The fraction of sp³-hybridized carbons (Fsp3) is 0.0625. The van der Waals surface area contributed by atoms with Crippen LogP contribution in [0, 0.1) is 0 Å². The number of alkyl halides is 3. The second-order valence-electron chi connectivity index (χ2n) is 5.17. The van der Waals surface area contributed by atoms with Gasteiger partial charge < -0.3 is 0 Å². The van der Waals surface area contributed by atoms with Crippen LogP contribution in [0.3, 0.4) is 0 Å². The molecule has 8 heteroatoms. The maximum Gasteiger partial charge on any atom is 0.416 e. The summed E-state index contributed by atoms with van der Waals surface area (Å²) < 4.78 is 39.5. The van der Waals surface area contributed by atoms with E-state index in [0.717, 1.165) is 22.9 Å². The van der Waals surface area contributed by atoms with E-state index >= 15 is 0 Å². The summed E-state index contributed by atoms with van der Waals surface area (Å²) in [5.74, 6) is 0.325. The van der Waals surface area contributed by atoms with Crippen molar-refractivity contribution in [2.45, 2.75) is 6.18 Å². The van der Waals surface area contributed by atoms with E-state index in [4.69, 9.17) is 11.6 Å². The van der Waals surface area contributed by atoms with Gasteiger partial charge in [-0.25, -0.2) is 0 Å². The van der Waals surface area contributed by atoms with Crippen molar-refractivity contribution in [3.8, 4) is 11.4 Å². The highest BCUT2D eigenvalue weighted by Gasteiger charge is 2.30. The van der Waals surface area contributed by atoms with Gasteiger partial charge in [-0.15, -0.1) is 10.2 Å². The summed E-state index contributed by atoms with van der Waals surface area (Å²) in [6.45, 7) is 0. The first-order valence-electron chi connectivity index (χ1n) is 6.92.